The second-order valence-electron chi connectivity index (χ2n) is 4.93. The predicted octanol–water partition coefficient (Wildman–Crippen LogP) is 1.57. The van der Waals surface area contributed by atoms with Crippen LogP contribution in [0.3, 0.4) is 0 Å². The zero-order valence-corrected chi connectivity index (χ0v) is 11.9. The third kappa shape index (κ3) is 4.53. The first-order valence-corrected chi connectivity index (χ1v) is 6.45. The highest BCUT2D eigenvalue weighted by Gasteiger charge is 2.21. The molecule has 0 spiro atoms. The van der Waals surface area contributed by atoms with Crippen LogP contribution in [-0.4, -0.2) is 35.6 Å². The van der Waals surface area contributed by atoms with Gasteiger partial charge >= 0.3 is 5.97 Å². The summed E-state index contributed by atoms with van der Waals surface area (Å²) in [5.41, 5.74) is 0.295. The Labute approximate surface area is 118 Å². The minimum atomic E-state index is -0.905. The monoisotopic (exact) mass is 280 g/mol. The fourth-order valence-electron chi connectivity index (χ4n) is 1.88. The molecule has 1 heterocycles. The van der Waals surface area contributed by atoms with Gasteiger partial charge in [0.2, 0.25) is 5.88 Å². The summed E-state index contributed by atoms with van der Waals surface area (Å²) in [7, 11) is 1.43. The number of nitrogens with one attached hydrogen (secondary N) is 1. The van der Waals surface area contributed by atoms with Gasteiger partial charge in [-0.2, -0.15) is 0 Å². The lowest BCUT2D eigenvalue weighted by Gasteiger charge is -2.15. The minimum Gasteiger partial charge on any atom is -0.481 e. The number of rotatable bonds is 7. The van der Waals surface area contributed by atoms with E-state index in [-0.39, 0.29) is 24.2 Å². The van der Waals surface area contributed by atoms with Crippen LogP contribution in [0, 0.1) is 11.8 Å². The molecule has 1 atom stereocenters. The zero-order chi connectivity index (χ0) is 15.1. The number of ether oxygens (including phenoxy) is 1. The van der Waals surface area contributed by atoms with Crippen molar-refractivity contribution in [3.63, 3.8) is 0 Å². The Morgan fingerprint density at radius 2 is 2.15 bits per heavy atom. The van der Waals surface area contributed by atoms with E-state index in [0.717, 1.165) is 0 Å². The van der Waals surface area contributed by atoms with Crippen molar-refractivity contribution >= 4 is 11.9 Å². The summed E-state index contributed by atoms with van der Waals surface area (Å²) >= 11 is 0. The SMILES string of the molecule is COc1ncccc1C(=O)NCC(CC(C)C)C(=O)O. The summed E-state index contributed by atoms with van der Waals surface area (Å²) in [5.74, 6) is -1.41. The van der Waals surface area contributed by atoms with Crippen molar-refractivity contribution in [1.29, 1.82) is 0 Å². The molecule has 0 radical (unpaired) electrons. The average Bonchev–Trinajstić information content (AvgIpc) is 2.42. The van der Waals surface area contributed by atoms with Crippen LogP contribution in [0.1, 0.15) is 30.6 Å². The normalized spacial score (nSPS) is 12.0. The van der Waals surface area contributed by atoms with Crippen LogP contribution in [0.15, 0.2) is 18.3 Å². The van der Waals surface area contributed by atoms with Crippen LogP contribution in [-0.2, 0) is 4.79 Å². The van der Waals surface area contributed by atoms with Gasteiger partial charge in [-0.25, -0.2) is 4.98 Å². The third-order valence-corrected chi connectivity index (χ3v) is 2.82. The van der Waals surface area contributed by atoms with Crippen molar-refractivity contribution in [2.75, 3.05) is 13.7 Å². The first-order valence-electron chi connectivity index (χ1n) is 6.45. The standard InChI is InChI=1S/C14H20N2O4/c1-9(2)7-10(14(18)19)8-16-12(17)11-5-4-6-15-13(11)20-3/h4-6,9-10H,7-8H2,1-3H3,(H,16,17)(H,18,19). The van der Waals surface area contributed by atoms with E-state index < -0.39 is 11.9 Å². The molecule has 0 saturated heterocycles. The van der Waals surface area contributed by atoms with Crippen molar-refractivity contribution in [3.8, 4) is 5.88 Å². The van der Waals surface area contributed by atoms with Crippen molar-refractivity contribution in [2.24, 2.45) is 11.8 Å². The molecule has 110 valence electrons. The van der Waals surface area contributed by atoms with E-state index in [1.807, 2.05) is 13.8 Å². The lowest BCUT2D eigenvalue weighted by Crippen LogP contribution is -2.33. The summed E-state index contributed by atoms with van der Waals surface area (Å²) in [6, 6.07) is 3.21. The van der Waals surface area contributed by atoms with Gasteiger partial charge in [0.1, 0.15) is 5.56 Å². The Balaban J connectivity index is 2.68. The van der Waals surface area contributed by atoms with Crippen molar-refractivity contribution < 1.29 is 19.4 Å². The molecule has 6 nitrogen and oxygen atoms in total. The second-order valence-corrected chi connectivity index (χ2v) is 4.93. The smallest absolute Gasteiger partial charge is 0.308 e. The molecule has 2 N–H and O–H groups in total. The Kier molecular flexibility index (Phi) is 5.96. The van der Waals surface area contributed by atoms with E-state index in [0.29, 0.717) is 12.0 Å². The molecule has 0 aliphatic heterocycles. The molecular formula is C14H20N2O4. The Morgan fingerprint density at radius 3 is 2.70 bits per heavy atom. The van der Waals surface area contributed by atoms with Crippen LogP contribution in [0.2, 0.25) is 0 Å². The van der Waals surface area contributed by atoms with Crippen LogP contribution >= 0.6 is 0 Å². The number of amides is 1. The van der Waals surface area contributed by atoms with Gasteiger partial charge < -0.3 is 15.2 Å². The zero-order valence-electron chi connectivity index (χ0n) is 11.9. The predicted molar refractivity (Wildman–Crippen MR) is 73.7 cm³/mol. The maximum atomic E-state index is 12.0. The van der Waals surface area contributed by atoms with E-state index in [1.165, 1.54) is 13.3 Å². The largest absolute Gasteiger partial charge is 0.481 e. The number of carboxylic acid groups (broad SMARTS) is 1. The highest BCUT2D eigenvalue weighted by Crippen LogP contribution is 2.14. The van der Waals surface area contributed by atoms with Crippen LogP contribution in [0.25, 0.3) is 0 Å². The van der Waals surface area contributed by atoms with Gasteiger partial charge in [-0.15, -0.1) is 0 Å². The minimum absolute atomic E-state index is 0.0877. The van der Waals surface area contributed by atoms with E-state index in [9.17, 15) is 9.59 Å². The van der Waals surface area contributed by atoms with E-state index >= 15 is 0 Å². The number of carbonyl (C=O) groups is 2. The molecule has 0 bridgehead atoms. The molecule has 0 saturated carbocycles. The van der Waals surface area contributed by atoms with Gasteiger partial charge in [0.05, 0.1) is 13.0 Å². The fourth-order valence-corrected chi connectivity index (χ4v) is 1.88. The molecule has 1 rings (SSSR count). The number of carboxylic acids is 1. The quantitative estimate of drug-likeness (QED) is 0.791. The van der Waals surface area contributed by atoms with Crippen LogP contribution in [0.4, 0.5) is 0 Å². The summed E-state index contributed by atoms with van der Waals surface area (Å²) in [6.45, 7) is 3.98. The first kappa shape index (κ1) is 15.9. The average molecular weight is 280 g/mol. The third-order valence-electron chi connectivity index (χ3n) is 2.82. The summed E-state index contributed by atoms with van der Waals surface area (Å²) < 4.78 is 5.00. The van der Waals surface area contributed by atoms with Crippen molar-refractivity contribution in [1.82, 2.24) is 10.3 Å². The van der Waals surface area contributed by atoms with Crippen molar-refractivity contribution in [3.05, 3.63) is 23.9 Å². The van der Waals surface area contributed by atoms with Gasteiger partial charge in [0, 0.05) is 12.7 Å². The van der Waals surface area contributed by atoms with Gasteiger partial charge in [0.15, 0.2) is 0 Å². The Bertz CT molecular complexity index is 474. The number of hydrogen-bond donors (Lipinski definition) is 2. The molecule has 1 unspecified atom stereocenters. The Hall–Kier alpha value is -2.11. The molecule has 1 aromatic heterocycles. The van der Waals surface area contributed by atoms with Gasteiger partial charge in [0.25, 0.3) is 5.91 Å². The van der Waals surface area contributed by atoms with E-state index in [2.05, 4.69) is 10.3 Å². The topological polar surface area (TPSA) is 88.5 Å². The molecular weight excluding hydrogens is 260 g/mol. The molecule has 0 aliphatic rings. The first-order chi connectivity index (χ1) is 9.45. The number of aliphatic carboxylic acids is 1. The van der Waals surface area contributed by atoms with Crippen molar-refractivity contribution in [2.45, 2.75) is 20.3 Å². The summed E-state index contributed by atoms with van der Waals surface area (Å²) in [5, 5.41) is 11.7. The number of carbonyl (C=O) groups excluding carboxylic acids is 1. The number of hydrogen-bond acceptors (Lipinski definition) is 4. The lowest BCUT2D eigenvalue weighted by atomic mass is 9.97. The second kappa shape index (κ2) is 7.47. The van der Waals surface area contributed by atoms with Crippen LogP contribution < -0.4 is 10.1 Å². The number of aromatic nitrogens is 1. The van der Waals surface area contributed by atoms with Gasteiger partial charge in [-0.1, -0.05) is 13.8 Å². The molecule has 0 aromatic carbocycles. The molecule has 1 amide bonds. The number of pyridine rings is 1. The summed E-state index contributed by atoms with van der Waals surface area (Å²) in [6.07, 6.45) is 2.04. The maximum Gasteiger partial charge on any atom is 0.308 e. The Morgan fingerprint density at radius 1 is 1.45 bits per heavy atom. The van der Waals surface area contributed by atoms with E-state index in [1.54, 1.807) is 12.1 Å². The van der Waals surface area contributed by atoms with E-state index in [4.69, 9.17) is 9.84 Å². The molecule has 0 aliphatic carbocycles. The fraction of sp³-hybridized carbons (Fsp3) is 0.500. The maximum absolute atomic E-state index is 12.0. The molecule has 6 heteroatoms. The van der Waals surface area contributed by atoms with Gasteiger partial charge in [-0.3, -0.25) is 9.59 Å². The highest BCUT2D eigenvalue weighted by molar-refractivity contribution is 5.96. The lowest BCUT2D eigenvalue weighted by molar-refractivity contribution is -0.142. The number of methoxy groups -OCH3 is 1. The van der Waals surface area contributed by atoms with Gasteiger partial charge in [-0.05, 0) is 24.5 Å². The molecule has 0 fully saturated rings. The van der Waals surface area contributed by atoms with Crippen LogP contribution in [0.5, 0.6) is 5.88 Å². The summed E-state index contributed by atoms with van der Waals surface area (Å²) in [4.78, 5) is 27.1. The molecule has 20 heavy (non-hydrogen) atoms. The molecule has 1 aromatic rings. The highest BCUT2D eigenvalue weighted by atomic mass is 16.5. The number of nitrogens with zero attached hydrogens (tertiary/aromatic N) is 1.